The summed E-state index contributed by atoms with van der Waals surface area (Å²) in [7, 11) is 0. The van der Waals surface area contributed by atoms with Gasteiger partial charge in [0.05, 0.1) is 12.5 Å². The highest BCUT2D eigenvalue weighted by Gasteiger charge is 1.96. The first kappa shape index (κ1) is 16.4. The maximum atomic E-state index is 5.41. The lowest BCUT2D eigenvalue weighted by Crippen LogP contribution is -2.04. The summed E-state index contributed by atoms with van der Waals surface area (Å²) in [5.41, 5.74) is -0.313. The first-order chi connectivity index (χ1) is 6.22. The number of halogens is 3. The van der Waals surface area contributed by atoms with E-state index in [0.29, 0.717) is 12.5 Å². The normalized spacial score (nSPS) is 11.8. The minimum Gasteiger partial charge on any atom is -0.381 e. The molecule has 0 aromatic heterocycles. The van der Waals surface area contributed by atoms with Gasteiger partial charge in [-0.05, 0) is 13.8 Å². The highest BCUT2D eigenvalue weighted by atomic mass is 79.9. The van der Waals surface area contributed by atoms with Crippen molar-refractivity contribution in [2.75, 3.05) is 31.0 Å². The molecule has 0 saturated heterocycles. The second kappa shape index (κ2) is 15.5. The van der Waals surface area contributed by atoms with E-state index in [9.17, 15) is 0 Å². The van der Waals surface area contributed by atoms with Gasteiger partial charge in [0.25, 0.3) is 0 Å². The lowest BCUT2D eigenvalue weighted by molar-refractivity contribution is 0.134. The minimum absolute atomic E-state index is 0.313. The monoisotopic (exact) mass is 294 g/mol. The molecule has 1 atom stereocenters. The Morgan fingerprint density at radius 1 is 1.31 bits per heavy atom. The molecule has 0 amide bonds. The molecule has 0 saturated carbocycles. The molecule has 2 nitrogen and oxygen atoms in total. The SMILES string of the molecule is CCOC(Cl)CCl.CCOCCBr. The van der Waals surface area contributed by atoms with E-state index in [2.05, 4.69) is 15.9 Å². The topological polar surface area (TPSA) is 18.5 Å². The Kier molecular flexibility index (Phi) is 19.5. The first-order valence-electron chi connectivity index (χ1n) is 4.18. The smallest absolute Gasteiger partial charge is 0.144 e. The molecule has 13 heavy (non-hydrogen) atoms. The number of hydrogen-bond acceptors (Lipinski definition) is 2. The predicted octanol–water partition coefficient (Wildman–Crippen LogP) is 3.24. The Morgan fingerprint density at radius 3 is 2.08 bits per heavy atom. The van der Waals surface area contributed by atoms with E-state index in [4.69, 9.17) is 32.7 Å². The predicted molar refractivity (Wildman–Crippen MR) is 62.3 cm³/mol. The molecule has 0 aliphatic carbocycles. The summed E-state index contributed by atoms with van der Waals surface area (Å²) in [6.07, 6.45) is 0. The number of rotatable bonds is 6. The van der Waals surface area contributed by atoms with Gasteiger partial charge in [0.1, 0.15) is 5.56 Å². The van der Waals surface area contributed by atoms with Gasteiger partial charge < -0.3 is 9.47 Å². The van der Waals surface area contributed by atoms with Crippen molar-refractivity contribution in [3.05, 3.63) is 0 Å². The van der Waals surface area contributed by atoms with E-state index in [-0.39, 0.29) is 5.56 Å². The maximum absolute atomic E-state index is 5.41. The molecule has 0 rings (SSSR count). The summed E-state index contributed by atoms with van der Waals surface area (Å²) in [4.78, 5) is 0. The summed E-state index contributed by atoms with van der Waals surface area (Å²) in [5.74, 6) is 0.357. The van der Waals surface area contributed by atoms with Gasteiger partial charge in [0.2, 0.25) is 0 Å². The van der Waals surface area contributed by atoms with Crippen molar-refractivity contribution < 1.29 is 9.47 Å². The molecule has 0 N–H and O–H groups in total. The van der Waals surface area contributed by atoms with Gasteiger partial charge in [-0.15, -0.1) is 11.6 Å². The summed E-state index contributed by atoms with van der Waals surface area (Å²) < 4.78 is 9.76. The molecule has 0 heterocycles. The Labute approximate surface area is 99.0 Å². The van der Waals surface area contributed by atoms with E-state index < -0.39 is 0 Å². The van der Waals surface area contributed by atoms with Gasteiger partial charge in [-0.2, -0.15) is 0 Å². The van der Waals surface area contributed by atoms with E-state index in [1.165, 1.54) is 0 Å². The maximum Gasteiger partial charge on any atom is 0.144 e. The van der Waals surface area contributed by atoms with Gasteiger partial charge in [-0.25, -0.2) is 0 Å². The second-order valence-electron chi connectivity index (χ2n) is 1.91. The van der Waals surface area contributed by atoms with Crippen LogP contribution in [0.3, 0.4) is 0 Å². The fraction of sp³-hybridized carbons (Fsp3) is 1.00. The van der Waals surface area contributed by atoms with Crippen molar-refractivity contribution in [1.29, 1.82) is 0 Å². The fourth-order valence-corrected chi connectivity index (χ4v) is 0.868. The van der Waals surface area contributed by atoms with Crippen molar-refractivity contribution in [3.63, 3.8) is 0 Å². The van der Waals surface area contributed by atoms with Crippen LogP contribution in [0.25, 0.3) is 0 Å². The molecule has 0 bridgehead atoms. The van der Waals surface area contributed by atoms with Crippen LogP contribution in [0.1, 0.15) is 13.8 Å². The molecule has 82 valence electrons. The van der Waals surface area contributed by atoms with Crippen LogP contribution in [-0.4, -0.2) is 36.6 Å². The van der Waals surface area contributed by atoms with Crippen LogP contribution in [0, 0.1) is 0 Å². The molecule has 0 spiro atoms. The highest BCUT2D eigenvalue weighted by molar-refractivity contribution is 9.09. The molecular formula is C8H17BrCl2O2. The van der Waals surface area contributed by atoms with Crippen LogP contribution in [0.2, 0.25) is 0 Å². The molecule has 0 aliphatic heterocycles. The lowest BCUT2D eigenvalue weighted by atomic mass is 10.8. The van der Waals surface area contributed by atoms with Crippen LogP contribution in [0.4, 0.5) is 0 Å². The minimum atomic E-state index is -0.313. The summed E-state index contributed by atoms with van der Waals surface area (Å²) in [6.45, 7) is 6.15. The number of alkyl halides is 3. The highest BCUT2D eigenvalue weighted by Crippen LogP contribution is 1.98. The molecule has 1 unspecified atom stereocenters. The van der Waals surface area contributed by atoms with Crippen molar-refractivity contribution in [2.45, 2.75) is 19.4 Å². The van der Waals surface area contributed by atoms with Crippen LogP contribution in [0.5, 0.6) is 0 Å². The standard InChI is InChI=1S/C4H9BrO.C4H8Cl2O/c1-2-6-4-3-5;1-2-7-4(6)3-5/h2-4H2,1H3;4H,2-3H2,1H3. The first-order valence-corrected chi connectivity index (χ1v) is 6.27. The average Bonchev–Trinajstić information content (AvgIpc) is 2.16. The molecule has 5 heteroatoms. The Morgan fingerprint density at radius 2 is 1.92 bits per heavy atom. The van der Waals surface area contributed by atoms with Crippen LogP contribution < -0.4 is 0 Å². The lowest BCUT2D eigenvalue weighted by Gasteiger charge is -2.01. The number of ether oxygens (including phenoxy) is 2. The molecule has 0 aliphatic rings. The molecule has 0 fully saturated rings. The second-order valence-corrected chi connectivity index (χ2v) is 3.49. The van der Waals surface area contributed by atoms with E-state index in [1.807, 2.05) is 13.8 Å². The number of hydrogen-bond donors (Lipinski definition) is 0. The third-order valence-electron chi connectivity index (χ3n) is 0.894. The van der Waals surface area contributed by atoms with Crippen molar-refractivity contribution >= 4 is 39.1 Å². The zero-order chi connectivity index (χ0) is 10.5. The van der Waals surface area contributed by atoms with Gasteiger partial charge in [0.15, 0.2) is 0 Å². The van der Waals surface area contributed by atoms with Crippen LogP contribution >= 0.6 is 39.1 Å². The zero-order valence-corrected chi connectivity index (χ0v) is 11.2. The van der Waals surface area contributed by atoms with Crippen molar-refractivity contribution in [1.82, 2.24) is 0 Å². The quantitative estimate of drug-likeness (QED) is 0.553. The summed E-state index contributed by atoms with van der Waals surface area (Å²) in [5, 5.41) is 0.945. The molecule has 0 radical (unpaired) electrons. The van der Waals surface area contributed by atoms with Crippen LogP contribution in [0.15, 0.2) is 0 Å². The van der Waals surface area contributed by atoms with E-state index >= 15 is 0 Å². The Hall–Kier alpha value is 0.980. The summed E-state index contributed by atoms with van der Waals surface area (Å²) in [6, 6.07) is 0. The van der Waals surface area contributed by atoms with Crippen molar-refractivity contribution in [3.8, 4) is 0 Å². The van der Waals surface area contributed by atoms with E-state index in [0.717, 1.165) is 18.5 Å². The zero-order valence-electron chi connectivity index (χ0n) is 8.06. The van der Waals surface area contributed by atoms with E-state index in [1.54, 1.807) is 0 Å². The largest absolute Gasteiger partial charge is 0.381 e. The average molecular weight is 296 g/mol. The molecule has 0 aromatic rings. The third-order valence-corrected chi connectivity index (χ3v) is 1.94. The van der Waals surface area contributed by atoms with Crippen molar-refractivity contribution in [2.24, 2.45) is 0 Å². The van der Waals surface area contributed by atoms with Crippen LogP contribution in [-0.2, 0) is 9.47 Å². The fourth-order valence-electron chi connectivity index (χ4n) is 0.424. The Balaban J connectivity index is 0. The molecule has 0 aromatic carbocycles. The third kappa shape index (κ3) is 19.4. The molecular weight excluding hydrogens is 279 g/mol. The summed E-state index contributed by atoms with van der Waals surface area (Å²) >= 11 is 13.9. The van der Waals surface area contributed by atoms with Gasteiger partial charge in [-0.3, -0.25) is 0 Å². The van der Waals surface area contributed by atoms with Gasteiger partial charge >= 0.3 is 0 Å². The Bertz CT molecular complexity index is 82.5. The van der Waals surface area contributed by atoms with Gasteiger partial charge in [-0.1, -0.05) is 27.5 Å². The van der Waals surface area contributed by atoms with Gasteiger partial charge in [0, 0.05) is 18.5 Å².